The highest BCUT2D eigenvalue weighted by atomic mass is 35.5. The predicted molar refractivity (Wildman–Crippen MR) is 37.1 cm³/mol. The van der Waals surface area contributed by atoms with E-state index in [0.717, 1.165) is 0 Å². The molecule has 0 aromatic rings. The van der Waals surface area contributed by atoms with Gasteiger partial charge in [0.05, 0.1) is 4.49 Å². The van der Waals surface area contributed by atoms with E-state index in [0.29, 0.717) is 6.29 Å². The first kappa shape index (κ1) is 10.7. The van der Waals surface area contributed by atoms with Crippen LogP contribution in [0.2, 0.25) is 0 Å². The summed E-state index contributed by atoms with van der Waals surface area (Å²) < 4.78 is 0.111. The summed E-state index contributed by atoms with van der Waals surface area (Å²) in [5, 5.41) is 0. The molecule has 0 unspecified atom stereocenters. The number of allylic oxidation sites excluding steroid dienone is 1. The van der Waals surface area contributed by atoms with E-state index in [1.54, 1.807) is 0 Å². The summed E-state index contributed by atoms with van der Waals surface area (Å²) in [6.07, 6.45) is 1.83. The van der Waals surface area contributed by atoms with Gasteiger partial charge in [-0.25, -0.2) is 0 Å². The van der Waals surface area contributed by atoms with Gasteiger partial charge in [-0.05, 0) is 6.08 Å². The van der Waals surface area contributed by atoms with Crippen LogP contribution in [0.1, 0.15) is 0 Å². The molecule has 0 aliphatic carbocycles. The quantitative estimate of drug-likeness (QED) is 0.417. The van der Waals surface area contributed by atoms with E-state index in [2.05, 4.69) is 13.2 Å². The van der Waals surface area contributed by atoms with Crippen LogP contribution >= 0.6 is 23.2 Å². The molecule has 0 radical (unpaired) electrons. The molecule has 0 aliphatic heterocycles. The van der Waals surface area contributed by atoms with Gasteiger partial charge in [-0.2, -0.15) is 0 Å². The van der Waals surface area contributed by atoms with E-state index in [1.165, 1.54) is 6.08 Å². The monoisotopic (exact) mass is 152 g/mol. The average molecular weight is 153 g/mol. The molecule has 0 atom stereocenters. The fraction of sp³-hybridized carbons (Fsp3) is 0. The van der Waals surface area contributed by atoms with Crippen LogP contribution in [0.5, 0.6) is 0 Å². The Morgan fingerprint density at radius 3 is 1.62 bits per heavy atom. The molecule has 0 fully saturated rings. The zero-order valence-electron chi connectivity index (χ0n) is 4.23. The van der Waals surface area contributed by atoms with Gasteiger partial charge in [0.15, 0.2) is 0 Å². The van der Waals surface area contributed by atoms with E-state index in [4.69, 9.17) is 28.0 Å². The first-order valence-corrected chi connectivity index (χ1v) is 2.46. The number of aldehydes is 1. The molecule has 0 heterocycles. The van der Waals surface area contributed by atoms with Crippen LogP contribution in [0.25, 0.3) is 0 Å². The summed E-state index contributed by atoms with van der Waals surface area (Å²) in [5.74, 6) is 0. The molecule has 0 aliphatic rings. The van der Waals surface area contributed by atoms with E-state index < -0.39 is 0 Å². The van der Waals surface area contributed by atoms with Crippen molar-refractivity contribution in [2.24, 2.45) is 0 Å². The van der Waals surface area contributed by atoms with Crippen molar-refractivity contribution >= 4 is 29.5 Å². The molecule has 0 rings (SSSR count). The number of hydrogen-bond donors (Lipinski definition) is 0. The number of carbonyl (C=O) groups excluding carboxylic acids is 1. The van der Waals surface area contributed by atoms with E-state index in [1.807, 2.05) is 0 Å². The number of rotatable bonds is 1. The zero-order chi connectivity index (χ0) is 6.99. The fourth-order valence-electron chi connectivity index (χ4n) is 0. The van der Waals surface area contributed by atoms with Crippen molar-refractivity contribution in [1.29, 1.82) is 0 Å². The lowest BCUT2D eigenvalue weighted by atomic mass is 10.8. The standard InChI is InChI=1S/C3H4O.C2H2Cl2/c1-2-3-4;1-2(3)4/h2-3H,1H2;1H2. The minimum absolute atomic E-state index is 0.111. The number of hydrogen-bond acceptors (Lipinski definition) is 1. The Kier molecular flexibility index (Phi) is 13.2. The molecular formula is C5H6Cl2O. The molecule has 0 spiro atoms. The van der Waals surface area contributed by atoms with Crippen LogP contribution in [0, 0.1) is 0 Å². The maximum absolute atomic E-state index is 9.06. The van der Waals surface area contributed by atoms with Crippen molar-refractivity contribution in [2.75, 3.05) is 0 Å². The molecule has 0 saturated carbocycles. The minimum atomic E-state index is 0.111. The first-order chi connectivity index (χ1) is 3.65. The largest absolute Gasteiger partial charge is 0.299 e. The first-order valence-electron chi connectivity index (χ1n) is 1.71. The summed E-state index contributed by atoms with van der Waals surface area (Å²) in [4.78, 5) is 9.06. The van der Waals surface area contributed by atoms with Crippen molar-refractivity contribution in [3.63, 3.8) is 0 Å². The Bertz CT molecular complexity index is 78.4. The van der Waals surface area contributed by atoms with Gasteiger partial charge in [0.1, 0.15) is 6.29 Å². The predicted octanol–water partition coefficient (Wildman–Crippen LogP) is 2.31. The summed E-state index contributed by atoms with van der Waals surface area (Å²) in [6.45, 7) is 6.20. The molecular weight excluding hydrogens is 147 g/mol. The number of halogens is 2. The van der Waals surface area contributed by atoms with E-state index in [-0.39, 0.29) is 4.49 Å². The lowest BCUT2D eigenvalue weighted by molar-refractivity contribution is -0.104. The Morgan fingerprint density at radius 2 is 1.62 bits per heavy atom. The maximum atomic E-state index is 9.06. The second kappa shape index (κ2) is 9.88. The molecule has 3 heteroatoms. The molecule has 8 heavy (non-hydrogen) atoms. The van der Waals surface area contributed by atoms with Crippen LogP contribution in [0.4, 0.5) is 0 Å². The van der Waals surface area contributed by atoms with E-state index in [9.17, 15) is 0 Å². The molecule has 46 valence electrons. The second-order valence-corrected chi connectivity index (χ2v) is 1.82. The van der Waals surface area contributed by atoms with Gasteiger partial charge >= 0.3 is 0 Å². The van der Waals surface area contributed by atoms with E-state index >= 15 is 0 Å². The highest BCUT2D eigenvalue weighted by molar-refractivity contribution is 6.55. The van der Waals surface area contributed by atoms with Gasteiger partial charge in [0, 0.05) is 0 Å². The summed E-state index contributed by atoms with van der Waals surface area (Å²) in [7, 11) is 0. The van der Waals surface area contributed by atoms with Gasteiger partial charge in [0.25, 0.3) is 0 Å². The van der Waals surface area contributed by atoms with Crippen molar-refractivity contribution in [3.05, 3.63) is 23.7 Å². The van der Waals surface area contributed by atoms with Crippen molar-refractivity contribution in [1.82, 2.24) is 0 Å². The van der Waals surface area contributed by atoms with Crippen LogP contribution in [-0.4, -0.2) is 6.29 Å². The molecule has 0 saturated heterocycles. The SMILES string of the molecule is C=C(Cl)Cl.C=CC=O. The highest BCUT2D eigenvalue weighted by Gasteiger charge is 1.60. The summed E-state index contributed by atoms with van der Waals surface area (Å²) in [5.41, 5.74) is 0. The van der Waals surface area contributed by atoms with Gasteiger partial charge in [0.2, 0.25) is 0 Å². The van der Waals surface area contributed by atoms with Gasteiger partial charge < -0.3 is 0 Å². The zero-order valence-corrected chi connectivity index (χ0v) is 5.74. The average Bonchev–Trinajstić information content (AvgIpc) is 1.65. The number of carbonyl (C=O) groups is 1. The third kappa shape index (κ3) is 241. The lowest BCUT2D eigenvalue weighted by Crippen LogP contribution is -1.44. The lowest BCUT2D eigenvalue weighted by Gasteiger charge is -1.57. The Labute approximate surface area is 58.6 Å². The maximum Gasteiger partial charge on any atom is 0.142 e. The Morgan fingerprint density at radius 1 is 1.50 bits per heavy atom. The van der Waals surface area contributed by atoms with Crippen LogP contribution in [-0.2, 0) is 4.79 Å². The molecule has 0 bridgehead atoms. The molecule has 0 aromatic heterocycles. The second-order valence-electron chi connectivity index (χ2n) is 0.710. The molecule has 0 N–H and O–H groups in total. The van der Waals surface area contributed by atoms with Gasteiger partial charge in [-0.15, -0.1) is 0 Å². The normalized spacial score (nSPS) is 5.75. The van der Waals surface area contributed by atoms with Crippen LogP contribution in [0.3, 0.4) is 0 Å². The topological polar surface area (TPSA) is 17.1 Å². The summed E-state index contributed by atoms with van der Waals surface area (Å²) >= 11 is 9.69. The van der Waals surface area contributed by atoms with Gasteiger partial charge in [-0.3, -0.25) is 4.79 Å². The highest BCUT2D eigenvalue weighted by Crippen LogP contribution is 1.98. The third-order valence-corrected chi connectivity index (χ3v) is 0.0962. The third-order valence-electron chi connectivity index (χ3n) is 0.0962. The molecule has 1 nitrogen and oxygen atoms in total. The smallest absolute Gasteiger partial charge is 0.142 e. The minimum Gasteiger partial charge on any atom is -0.299 e. The molecule has 0 aromatic carbocycles. The van der Waals surface area contributed by atoms with Crippen LogP contribution < -0.4 is 0 Å². The van der Waals surface area contributed by atoms with Gasteiger partial charge in [-0.1, -0.05) is 36.4 Å². The van der Waals surface area contributed by atoms with Crippen LogP contribution in [0.15, 0.2) is 23.7 Å². The Hall–Kier alpha value is -0.270. The van der Waals surface area contributed by atoms with Crippen molar-refractivity contribution < 1.29 is 4.79 Å². The summed E-state index contributed by atoms with van der Waals surface area (Å²) in [6, 6.07) is 0. The van der Waals surface area contributed by atoms with Crippen molar-refractivity contribution in [2.45, 2.75) is 0 Å². The van der Waals surface area contributed by atoms with Crippen molar-refractivity contribution in [3.8, 4) is 0 Å². The Balaban J connectivity index is 0. The fourth-order valence-corrected chi connectivity index (χ4v) is 0. The molecule has 0 amide bonds.